The van der Waals surface area contributed by atoms with E-state index >= 15 is 0 Å². The van der Waals surface area contributed by atoms with E-state index in [0.717, 1.165) is 32.8 Å². The molecule has 0 aliphatic heterocycles. The Hall–Kier alpha value is -4.30. The van der Waals surface area contributed by atoms with Crippen molar-refractivity contribution in [1.29, 1.82) is 0 Å². The summed E-state index contributed by atoms with van der Waals surface area (Å²) in [6.07, 6.45) is 3.58. The van der Waals surface area contributed by atoms with E-state index in [1.165, 1.54) is 11.1 Å². The Morgan fingerprint density at radius 2 is 1.63 bits per heavy atom. The summed E-state index contributed by atoms with van der Waals surface area (Å²) in [7, 11) is -1.03. The maximum atomic E-state index is 12.7. The maximum Gasteiger partial charge on any atom is 0.251 e. The van der Waals surface area contributed by atoms with Crippen molar-refractivity contribution < 1.29 is 9.00 Å². The molecule has 192 valence electrons. The number of benzene rings is 3. The van der Waals surface area contributed by atoms with Gasteiger partial charge in [-0.05, 0) is 91.1 Å². The van der Waals surface area contributed by atoms with Crippen LogP contribution in [-0.2, 0) is 17.3 Å². The van der Waals surface area contributed by atoms with Gasteiger partial charge < -0.3 is 10.6 Å². The highest BCUT2D eigenvalue weighted by Gasteiger charge is 2.10. The van der Waals surface area contributed by atoms with Crippen LogP contribution >= 0.6 is 0 Å². The first-order valence-corrected chi connectivity index (χ1v) is 13.8. The van der Waals surface area contributed by atoms with Gasteiger partial charge in [0.2, 0.25) is 5.95 Å². The molecular formula is C30H29N5O2S. The number of nitrogens with one attached hydrogen (secondary N) is 2. The predicted octanol–water partition coefficient (Wildman–Crippen LogP) is 5.73. The van der Waals surface area contributed by atoms with E-state index in [1.54, 1.807) is 10.8 Å². The molecule has 0 saturated carbocycles. The van der Waals surface area contributed by atoms with E-state index in [1.807, 2.05) is 73.8 Å². The molecule has 5 rings (SSSR count). The molecule has 5 aromatic rings. The summed E-state index contributed by atoms with van der Waals surface area (Å²) in [6, 6.07) is 23.3. The van der Waals surface area contributed by atoms with Gasteiger partial charge in [0.25, 0.3) is 5.91 Å². The summed E-state index contributed by atoms with van der Waals surface area (Å²) in [5.74, 6) is 0.372. The Morgan fingerprint density at radius 1 is 0.868 bits per heavy atom. The second-order valence-electron chi connectivity index (χ2n) is 9.39. The number of amides is 1. The van der Waals surface area contributed by atoms with Crippen LogP contribution in [0.1, 0.15) is 32.6 Å². The first-order valence-electron chi connectivity index (χ1n) is 12.3. The Labute approximate surface area is 224 Å². The van der Waals surface area contributed by atoms with Crippen molar-refractivity contribution in [3.8, 4) is 11.1 Å². The summed E-state index contributed by atoms with van der Waals surface area (Å²) in [4.78, 5) is 18.0. The third kappa shape index (κ3) is 5.50. The second kappa shape index (κ2) is 10.6. The predicted molar refractivity (Wildman–Crippen MR) is 152 cm³/mol. The summed E-state index contributed by atoms with van der Waals surface area (Å²) in [5, 5.41) is 10.8. The zero-order valence-corrected chi connectivity index (χ0v) is 22.6. The fraction of sp³-hybridized carbons (Fsp3) is 0.167. The number of rotatable bonds is 7. The van der Waals surface area contributed by atoms with Crippen molar-refractivity contribution in [3.63, 3.8) is 0 Å². The standard InChI is InChI=1S/C30H29N5O2S/c1-19-5-6-22(15-20(19)2)17-31-29(36)24-9-7-23(8-10-24)25-11-14-28-33-30(34-35(28)18-25)32-27-13-12-26(38(4)37)16-21(27)3/h5-16,18H,17H2,1-4H3,(H,31,36)(H,32,34). The van der Waals surface area contributed by atoms with E-state index in [-0.39, 0.29) is 5.91 Å². The van der Waals surface area contributed by atoms with E-state index < -0.39 is 10.8 Å². The molecule has 1 unspecified atom stereocenters. The van der Waals surface area contributed by atoms with Crippen LogP contribution < -0.4 is 10.6 Å². The molecule has 2 aromatic heterocycles. The van der Waals surface area contributed by atoms with Gasteiger partial charge in [0.05, 0.1) is 0 Å². The van der Waals surface area contributed by atoms with Crippen LogP contribution in [0.25, 0.3) is 16.8 Å². The molecule has 0 aliphatic carbocycles. The van der Waals surface area contributed by atoms with E-state index in [4.69, 9.17) is 0 Å². The van der Waals surface area contributed by atoms with Crippen molar-refractivity contribution in [3.05, 3.63) is 107 Å². The number of aryl methyl sites for hydroxylation is 3. The second-order valence-corrected chi connectivity index (χ2v) is 10.8. The number of aromatic nitrogens is 3. The topological polar surface area (TPSA) is 88.4 Å². The number of carbonyl (C=O) groups excluding carboxylic acids is 1. The van der Waals surface area contributed by atoms with Crippen molar-refractivity contribution in [2.75, 3.05) is 11.6 Å². The highest BCUT2D eigenvalue weighted by Crippen LogP contribution is 2.24. The number of pyridine rings is 1. The minimum atomic E-state index is -1.03. The van der Waals surface area contributed by atoms with Gasteiger partial charge in [-0.3, -0.25) is 9.00 Å². The zero-order chi connectivity index (χ0) is 26.8. The fourth-order valence-corrected chi connectivity index (χ4v) is 4.80. The largest absolute Gasteiger partial charge is 0.348 e. The first kappa shape index (κ1) is 25.4. The SMILES string of the molecule is Cc1ccc(CNC(=O)c2ccc(-c3ccc4nc(Nc5ccc(S(C)=O)cc5C)nn4c3)cc2)cc1C. The summed E-state index contributed by atoms with van der Waals surface area (Å²) >= 11 is 0. The molecule has 8 heteroatoms. The molecule has 0 bridgehead atoms. The lowest BCUT2D eigenvalue weighted by molar-refractivity contribution is 0.0951. The smallest absolute Gasteiger partial charge is 0.251 e. The van der Waals surface area contributed by atoms with Crippen LogP contribution in [0.15, 0.2) is 83.9 Å². The van der Waals surface area contributed by atoms with Crippen LogP contribution in [0.5, 0.6) is 0 Å². The molecular weight excluding hydrogens is 494 g/mol. The normalized spacial score (nSPS) is 11.9. The van der Waals surface area contributed by atoms with Crippen LogP contribution in [0.3, 0.4) is 0 Å². The Balaban J connectivity index is 1.28. The molecule has 0 saturated heterocycles. The molecule has 1 atom stereocenters. The number of nitrogens with zero attached hydrogens (tertiary/aromatic N) is 3. The van der Waals surface area contributed by atoms with Gasteiger partial charge in [-0.15, -0.1) is 5.10 Å². The minimum Gasteiger partial charge on any atom is -0.348 e. The molecule has 0 fully saturated rings. The maximum absolute atomic E-state index is 12.7. The van der Waals surface area contributed by atoms with Crippen LogP contribution in [0.4, 0.5) is 11.6 Å². The number of fused-ring (bicyclic) bond motifs is 1. The Kier molecular flexibility index (Phi) is 7.07. The molecule has 0 aliphatic rings. The van der Waals surface area contributed by atoms with Gasteiger partial charge in [-0.1, -0.05) is 30.3 Å². The fourth-order valence-electron chi connectivity index (χ4n) is 4.19. The van der Waals surface area contributed by atoms with E-state index in [0.29, 0.717) is 23.7 Å². The lowest BCUT2D eigenvalue weighted by Crippen LogP contribution is -2.22. The number of carbonyl (C=O) groups is 1. The van der Waals surface area contributed by atoms with Gasteiger partial charge in [0, 0.05) is 51.5 Å². The third-order valence-electron chi connectivity index (χ3n) is 6.61. The number of hydrogen-bond donors (Lipinski definition) is 2. The summed E-state index contributed by atoms with van der Waals surface area (Å²) in [5.41, 5.74) is 8.62. The number of anilines is 2. The molecule has 38 heavy (non-hydrogen) atoms. The van der Waals surface area contributed by atoms with Crippen molar-refractivity contribution in [2.24, 2.45) is 0 Å². The van der Waals surface area contributed by atoms with Gasteiger partial charge >= 0.3 is 0 Å². The summed E-state index contributed by atoms with van der Waals surface area (Å²) in [6.45, 7) is 6.60. The quantitative estimate of drug-likeness (QED) is 0.284. The molecule has 7 nitrogen and oxygen atoms in total. The van der Waals surface area contributed by atoms with Crippen molar-refractivity contribution >= 4 is 34.0 Å². The molecule has 2 heterocycles. The van der Waals surface area contributed by atoms with Gasteiger partial charge in [-0.25, -0.2) is 4.52 Å². The van der Waals surface area contributed by atoms with Crippen molar-refractivity contribution in [2.45, 2.75) is 32.2 Å². The van der Waals surface area contributed by atoms with E-state index in [2.05, 4.69) is 46.7 Å². The number of hydrogen-bond acceptors (Lipinski definition) is 5. The van der Waals surface area contributed by atoms with Crippen molar-refractivity contribution in [1.82, 2.24) is 19.9 Å². The minimum absolute atomic E-state index is 0.106. The molecule has 2 N–H and O–H groups in total. The van der Waals surface area contributed by atoms with E-state index in [9.17, 15) is 9.00 Å². The van der Waals surface area contributed by atoms with Gasteiger partial charge in [0.15, 0.2) is 5.65 Å². The molecule has 3 aromatic carbocycles. The van der Waals surface area contributed by atoms with Gasteiger partial charge in [-0.2, -0.15) is 4.98 Å². The van der Waals surface area contributed by atoms with Crippen LogP contribution in [0, 0.1) is 20.8 Å². The molecule has 0 radical (unpaired) electrons. The van der Waals surface area contributed by atoms with Gasteiger partial charge in [0.1, 0.15) is 0 Å². The lowest BCUT2D eigenvalue weighted by atomic mass is 10.0. The zero-order valence-electron chi connectivity index (χ0n) is 21.8. The average Bonchev–Trinajstić information content (AvgIpc) is 3.32. The van der Waals surface area contributed by atoms with Crippen LogP contribution in [-0.4, -0.2) is 31.0 Å². The highest BCUT2D eigenvalue weighted by atomic mass is 32.2. The first-order chi connectivity index (χ1) is 18.3. The monoisotopic (exact) mass is 523 g/mol. The Bertz CT molecular complexity index is 1670. The Morgan fingerprint density at radius 3 is 2.34 bits per heavy atom. The molecule has 1 amide bonds. The van der Waals surface area contributed by atoms with Crippen LogP contribution in [0.2, 0.25) is 0 Å². The highest BCUT2D eigenvalue weighted by molar-refractivity contribution is 7.84. The third-order valence-corrected chi connectivity index (χ3v) is 7.53. The molecule has 0 spiro atoms. The lowest BCUT2D eigenvalue weighted by Gasteiger charge is -2.08. The summed E-state index contributed by atoms with van der Waals surface area (Å²) < 4.78 is 13.5. The average molecular weight is 524 g/mol.